The van der Waals surface area contributed by atoms with E-state index in [-0.39, 0.29) is 11.6 Å². The third-order valence-electron chi connectivity index (χ3n) is 3.90. The van der Waals surface area contributed by atoms with E-state index in [1.807, 2.05) is 26.0 Å². The van der Waals surface area contributed by atoms with Crippen LogP contribution >= 0.6 is 12.2 Å². The fourth-order valence-corrected chi connectivity index (χ4v) is 3.02. The predicted octanol–water partition coefficient (Wildman–Crippen LogP) is 3.10. The van der Waals surface area contributed by atoms with Gasteiger partial charge in [-0.05, 0) is 42.4 Å². The third-order valence-corrected chi connectivity index (χ3v) is 4.22. The van der Waals surface area contributed by atoms with Crippen molar-refractivity contribution >= 4 is 35.0 Å². The van der Waals surface area contributed by atoms with Crippen LogP contribution in [0.15, 0.2) is 48.3 Å². The number of carbonyl (C=O) groups excluding carboxylic acids is 1. The molecule has 7 nitrogen and oxygen atoms in total. The highest BCUT2D eigenvalue weighted by molar-refractivity contribution is 7.80. The molecule has 0 radical (unpaired) electrons. The average molecular weight is 370 g/mol. The summed E-state index contributed by atoms with van der Waals surface area (Å²) < 4.78 is 1.78. The van der Waals surface area contributed by atoms with E-state index in [0.29, 0.717) is 29.0 Å². The van der Waals surface area contributed by atoms with Gasteiger partial charge in [0.05, 0.1) is 10.6 Å². The Hall–Kier alpha value is -3.00. The summed E-state index contributed by atoms with van der Waals surface area (Å²) in [5.41, 5.74) is 1.76. The standard InChI is InChI=1S/C18H18N4O3S/c1-12(2)11-21-17(23)16(19-18(21)26)10-14-7-4-8-20(14)13-5-3-6-15(9-13)22(24)25/h3-10,12H,11H2,1-2H3,(H,19,26)/b16-10+. The van der Waals surface area contributed by atoms with E-state index in [0.717, 1.165) is 5.69 Å². The fraction of sp³-hybridized carbons (Fsp3) is 0.222. The molecule has 0 spiro atoms. The van der Waals surface area contributed by atoms with E-state index >= 15 is 0 Å². The maximum Gasteiger partial charge on any atom is 0.276 e. The van der Waals surface area contributed by atoms with Crippen molar-refractivity contribution in [3.8, 4) is 5.69 Å². The number of thiocarbonyl (C=S) groups is 1. The van der Waals surface area contributed by atoms with Crippen LogP contribution in [0.2, 0.25) is 0 Å². The number of nitrogens with one attached hydrogen (secondary N) is 1. The summed E-state index contributed by atoms with van der Waals surface area (Å²) in [7, 11) is 0. The summed E-state index contributed by atoms with van der Waals surface area (Å²) in [4.78, 5) is 24.7. The van der Waals surface area contributed by atoms with E-state index in [9.17, 15) is 14.9 Å². The summed E-state index contributed by atoms with van der Waals surface area (Å²) in [6, 6.07) is 9.97. The molecular weight excluding hydrogens is 352 g/mol. The minimum absolute atomic E-state index is 0.00848. The molecule has 1 aromatic carbocycles. The molecule has 1 N–H and O–H groups in total. The Morgan fingerprint density at radius 1 is 1.31 bits per heavy atom. The summed E-state index contributed by atoms with van der Waals surface area (Å²) in [5, 5.41) is 14.3. The van der Waals surface area contributed by atoms with Gasteiger partial charge in [0.2, 0.25) is 0 Å². The molecule has 1 aromatic heterocycles. The van der Waals surface area contributed by atoms with Crippen LogP contribution in [0.5, 0.6) is 0 Å². The molecular formula is C18H18N4O3S. The second kappa shape index (κ2) is 7.09. The summed E-state index contributed by atoms with van der Waals surface area (Å²) in [6.45, 7) is 4.59. The Kier molecular flexibility index (Phi) is 4.85. The van der Waals surface area contributed by atoms with Gasteiger partial charge in [-0.2, -0.15) is 0 Å². The topological polar surface area (TPSA) is 80.4 Å². The number of non-ortho nitro benzene ring substituents is 1. The van der Waals surface area contributed by atoms with Gasteiger partial charge in [-0.25, -0.2) is 0 Å². The Labute approximate surface area is 156 Å². The Morgan fingerprint density at radius 2 is 2.08 bits per heavy atom. The highest BCUT2D eigenvalue weighted by Gasteiger charge is 2.31. The largest absolute Gasteiger partial charge is 0.328 e. The summed E-state index contributed by atoms with van der Waals surface area (Å²) in [5.74, 6) is 0.127. The number of carbonyl (C=O) groups is 1. The monoisotopic (exact) mass is 370 g/mol. The number of aromatic nitrogens is 1. The van der Waals surface area contributed by atoms with Crippen molar-refractivity contribution in [1.82, 2.24) is 14.8 Å². The predicted molar refractivity (Wildman–Crippen MR) is 103 cm³/mol. The maximum atomic E-state index is 12.6. The van der Waals surface area contributed by atoms with Crippen LogP contribution in [0.25, 0.3) is 11.8 Å². The van der Waals surface area contributed by atoms with Crippen LogP contribution in [0.1, 0.15) is 19.5 Å². The fourth-order valence-electron chi connectivity index (χ4n) is 2.75. The first-order valence-electron chi connectivity index (χ1n) is 8.13. The molecule has 134 valence electrons. The number of benzene rings is 1. The maximum absolute atomic E-state index is 12.6. The molecule has 26 heavy (non-hydrogen) atoms. The molecule has 8 heteroatoms. The number of amides is 1. The number of nitrogens with zero attached hydrogens (tertiary/aromatic N) is 3. The van der Waals surface area contributed by atoms with Crippen molar-refractivity contribution in [3.63, 3.8) is 0 Å². The Morgan fingerprint density at radius 3 is 2.77 bits per heavy atom. The molecule has 1 fully saturated rings. The lowest BCUT2D eigenvalue weighted by atomic mass is 10.2. The lowest BCUT2D eigenvalue weighted by molar-refractivity contribution is -0.384. The van der Waals surface area contributed by atoms with Crippen LogP contribution in [-0.4, -0.2) is 32.0 Å². The highest BCUT2D eigenvalue weighted by atomic mass is 32.1. The van der Waals surface area contributed by atoms with Crippen LogP contribution in [0.4, 0.5) is 5.69 Å². The van der Waals surface area contributed by atoms with Gasteiger partial charge in [0.15, 0.2) is 5.11 Å². The van der Waals surface area contributed by atoms with Crippen molar-refractivity contribution in [2.24, 2.45) is 5.92 Å². The Bertz CT molecular complexity index is 917. The van der Waals surface area contributed by atoms with Crippen molar-refractivity contribution in [2.75, 3.05) is 6.54 Å². The van der Waals surface area contributed by atoms with Gasteiger partial charge >= 0.3 is 0 Å². The molecule has 0 unspecified atom stereocenters. The number of nitro benzene ring substituents is 1. The minimum Gasteiger partial charge on any atom is -0.328 e. The van der Waals surface area contributed by atoms with Crippen molar-refractivity contribution in [2.45, 2.75) is 13.8 Å². The number of hydrogen-bond acceptors (Lipinski definition) is 4. The zero-order valence-corrected chi connectivity index (χ0v) is 15.2. The molecule has 1 aliphatic rings. The number of nitro groups is 1. The van der Waals surface area contributed by atoms with Gasteiger partial charge in [-0.3, -0.25) is 19.8 Å². The number of hydrogen-bond donors (Lipinski definition) is 1. The third kappa shape index (κ3) is 3.50. The summed E-state index contributed by atoms with van der Waals surface area (Å²) >= 11 is 5.25. The molecule has 2 aromatic rings. The molecule has 1 aliphatic heterocycles. The molecule has 1 amide bonds. The highest BCUT2D eigenvalue weighted by Crippen LogP contribution is 2.21. The normalized spacial score (nSPS) is 15.8. The van der Waals surface area contributed by atoms with E-state index in [1.54, 1.807) is 33.9 Å². The van der Waals surface area contributed by atoms with E-state index in [4.69, 9.17) is 12.2 Å². The first kappa shape index (κ1) is 17.8. The molecule has 0 saturated carbocycles. The van der Waals surface area contributed by atoms with Gasteiger partial charge in [0.25, 0.3) is 11.6 Å². The second-order valence-electron chi connectivity index (χ2n) is 6.38. The van der Waals surface area contributed by atoms with Crippen molar-refractivity contribution in [1.29, 1.82) is 0 Å². The molecule has 2 heterocycles. The average Bonchev–Trinajstić information content (AvgIpc) is 3.15. The van der Waals surface area contributed by atoms with Crippen LogP contribution in [0.3, 0.4) is 0 Å². The zero-order chi connectivity index (χ0) is 18.8. The van der Waals surface area contributed by atoms with E-state index in [2.05, 4.69) is 5.32 Å². The number of rotatable bonds is 5. The Balaban J connectivity index is 1.93. The van der Waals surface area contributed by atoms with Crippen molar-refractivity contribution in [3.05, 3.63) is 64.1 Å². The molecule has 3 rings (SSSR count). The zero-order valence-electron chi connectivity index (χ0n) is 14.4. The van der Waals surface area contributed by atoms with Gasteiger partial charge in [-0.1, -0.05) is 19.9 Å². The molecule has 0 bridgehead atoms. The summed E-state index contributed by atoms with van der Waals surface area (Å²) in [6.07, 6.45) is 3.49. The molecule has 0 aliphatic carbocycles. The van der Waals surface area contributed by atoms with Gasteiger partial charge in [0.1, 0.15) is 5.70 Å². The van der Waals surface area contributed by atoms with Gasteiger partial charge in [-0.15, -0.1) is 0 Å². The van der Waals surface area contributed by atoms with Crippen LogP contribution < -0.4 is 5.32 Å². The first-order valence-corrected chi connectivity index (χ1v) is 8.54. The van der Waals surface area contributed by atoms with E-state index < -0.39 is 4.92 Å². The van der Waals surface area contributed by atoms with Crippen LogP contribution in [0, 0.1) is 16.0 Å². The second-order valence-corrected chi connectivity index (χ2v) is 6.76. The molecule has 1 saturated heterocycles. The van der Waals surface area contributed by atoms with Gasteiger partial charge < -0.3 is 9.88 Å². The smallest absolute Gasteiger partial charge is 0.276 e. The lowest BCUT2D eigenvalue weighted by Gasteiger charge is -2.16. The first-order chi connectivity index (χ1) is 12.4. The van der Waals surface area contributed by atoms with Crippen LogP contribution in [-0.2, 0) is 4.79 Å². The van der Waals surface area contributed by atoms with E-state index in [1.165, 1.54) is 12.1 Å². The lowest BCUT2D eigenvalue weighted by Crippen LogP contribution is -2.33. The quantitative estimate of drug-likeness (QED) is 0.379. The molecule has 0 atom stereocenters. The van der Waals surface area contributed by atoms with Gasteiger partial charge in [0, 0.05) is 30.6 Å². The van der Waals surface area contributed by atoms with Crippen molar-refractivity contribution < 1.29 is 9.72 Å². The minimum atomic E-state index is -0.435. The SMILES string of the molecule is CC(C)CN1C(=O)/C(=C\c2cccn2-c2cccc([N+](=O)[O-])c2)NC1=S.